The molecule has 1 aliphatic rings. The summed E-state index contributed by atoms with van der Waals surface area (Å²) in [6.45, 7) is 2.51. The van der Waals surface area contributed by atoms with Crippen LogP contribution < -0.4 is 9.47 Å². The first-order chi connectivity index (χ1) is 5.77. The molecule has 12 heavy (non-hydrogen) atoms. The van der Waals surface area contributed by atoms with Gasteiger partial charge in [0.1, 0.15) is 0 Å². The summed E-state index contributed by atoms with van der Waals surface area (Å²) in [5.74, 6) is 1.73. The zero-order valence-electron chi connectivity index (χ0n) is 6.71. The lowest BCUT2D eigenvalue weighted by atomic mass is 10.1. The van der Waals surface area contributed by atoms with Crippen molar-refractivity contribution in [1.29, 1.82) is 0 Å². The first-order valence-electron chi connectivity index (χ1n) is 3.81. The molecule has 0 bridgehead atoms. The maximum atomic E-state index is 5.26. The molecule has 2 rings (SSSR count). The van der Waals surface area contributed by atoms with E-state index in [-0.39, 0.29) is 0 Å². The Kier molecular flexibility index (Phi) is 2.12. The van der Waals surface area contributed by atoms with Gasteiger partial charge in [-0.05, 0) is 24.6 Å². The van der Waals surface area contributed by atoms with E-state index in [9.17, 15) is 0 Å². The normalized spacial score (nSPS) is 16.2. The number of fused-ring (bicyclic) bond motifs is 1. The van der Waals surface area contributed by atoms with Crippen molar-refractivity contribution in [3.8, 4) is 11.5 Å². The van der Waals surface area contributed by atoms with Crippen LogP contribution in [0.1, 0.15) is 16.4 Å². The van der Waals surface area contributed by atoms with Gasteiger partial charge in [-0.25, -0.2) is 0 Å². The summed E-state index contributed by atoms with van der Waals surface area (Å²) < 4.78 is 11.0. The lowest BCUT2D eigenvalue weighted by Gasteiger charge is -2.03. The fraction of sp³-hybridized carbons (Fsp3) is 0.333. The topological polar surface area (TPSA) is 18.5 Å². The van der Waals surface area contributed by atoms with Gasteiger partial charge in [-0.1, -0.05) is 28.7 Å². The van der Waals surface area contributed by atoms with Crippen LogP contribution in [-0.2, 0) is 0 Å². The van der Waals surface area contributed by atoms with Crippen molar-refractivity contribution in [2.45, 2.75) is 10.8 Å². The van der Waals surface area contributed by atoms with E-state index in [1.807, 2.05) is 12.1 Å². The van der Waals surface area contributed by atoms with Gasteiger partial charge in [0.15, 0.2) is 11.5 Å². The Hall–Kier alpha value is -0.450. The maximum absolute atomic E-state index is 5.26. The van der Waals surface area contributed by atoms with Gasteiger partial charge in [0.05, 0.1) is 0 Å². The summed E-state index contributed by atoms with van der Waals surface area (Å²) in [6.07, 6.45) is 0. The van der Waals surface area contributed by atoms with Gasteiger partial charge in [-0.15, -0.1) is 0 Å². The highest BCUT2D eigenvalue weighted by atomic mass is 127. The molecule has 0 fully saturated rings. The Morgan fingerprint density at radius 2 is 2.08 bits per heavy atom. The van der Waals surface area contributed by atoms with Gasteiger partial charge >= 0.3 is 0 Å². The molecule has 1 heterocycles. The Balaban J connectivity index is 2.39. The van der Waals surface area contributed by atoms with Crippen molar-refractivity contribution in [3.05, 3.63) is 23.8 Å². The van der Waals surface area contributed by atoms with E-state index in [1.165, 1.54) is 5.56 Å². The molecule has 0 radical (unpaired) electrons. The summed E-state index contributed by atoms with van der Waals surface area (Å²) in [6, 6.07) is 6.08. The van der Waals surface area contributed by atoms with Gasteiger partial charge < -0.3 is 9.47 Å². The van der Waals surface area contributed by atoms with E-state index in [0.29, 0.717) is 10.7 Å². The predicted octanol–water partition coefficient (Wildman–Crippen LogP) is 2.91. The molecule has 0 saturated heterocycles. The number of halogens is 1. The van der Waals surface area contributed by atoms with E-state index in [1.54, 1.807) is 0 Å². The van der Waals surface area contributed by atoms with Crippen molar-refractivity contribution in [2.24, 2.45) is 0 Å². The molecule has 1 aliphatic heterocycles. The highest BCUT2D eigenvalue weighted by Gasteiger charge is 2.14. The van der Waals surface area contributed by atoms with E-state index >= 15 is 0 Å². The molecule has 0 spiro atoms. The van der Waals surface area contributed by atoms with E-state index in [4.69, 9.17) is 9.47 Å². The number of benzene rings is 1. The molecule has 0 aromatic heterocycles. The second kappa shape index (κ2) is 3.12. The SMILES string of the molecule is CC(I)c1ccc2c(c1)OCO2. The van der Waals surface area contributed by atoms with Crippen molar-refractivity contribution in [2.75, 3.05) is 6.79 Å². The summed E-state index contributed by atoms with van der Waals surface area (Å²) in [5.41, 5.74) is 1.28. The Bertz CT molecular complexity index is 297. The number of hydrogen-bond donors (Lipinski definition) is 0. The van der Waals surface area contributed by atoms with Crippen LogP contribution in [0.25, 0.3) is 0 Å². The lowest BCUT2D eigenvalue weighted by molar-refractivity contribution is 0.174. The minimum atomic E-state index is 0.356. The molecule has 1 aromatic rings. The molecule has 2 nitrogen and oxygen atoms in total. The zero-order chi connectivity index (χ0) is 8.55. The number of ether oxygens (including phenoxy) is 2. The molecular formula is C9H9IO2. The van der Waals surface area contributed by atoms with Crippen LogP contribution in [0.5, 0.6) is 11.5 Å². The van der Waals surface area contributed by atoms with E-state index in [0.717, 1.165) is 11.5 Å². The molecule has 64 valence electrons. The first-order valence-corrected chi connectivity index (χ1v) is 5.05. The van der Waals surface area contributed by atoms with Crippen molar-refractivity contribution in [3.63, 3.8) is 0 Å². The van der Waals surface area contributed by atoms with Gasteiger partial charge in [0.2, 0.25) is 6.79 Å². The predicted molar refractivity (Wildman–Crippen MR) is 55.0 cm³/mol. The van der Waals surface area contributed by atoms with Crippen LogP contribution >= 0.6 is 22.6 Å². The summed E-state index contributed by atoms with van der Waals surface area (Å²) >= 11 is 2.38. The third-order valence-electron chi connectivity index (χ3n) is 1.86. The van der Waals surface area contributed by atoms with Crippen LogP contribution in [0, 0.1) is 0 Å². The van der Waals surface area contributed by atoms with Crippen molar-refractivity contribution in [1.82, 2.24) is 0 Å². The monoisotopic (exact) mass is 276 g/mol. The average molecular weight is 276 g/mol. The number of alkyl halides is 1. The molecule has 0 aliphatic carbocycles. The molecule has 0 N–H and O–H groups in total. The third kappa shape index (κ3) is 1.37. The minimum Gasteiger partial charge on any atom is -0.454 e. The molecule has 3 heteroatoms. The van der Waals surface area contributed by atoms with Crippen molar-refractivity contribution < 1.29 is 9.47 Å². The number of hydrogen-bond acceptors (Lipinski definition) is 2. The second-order valence-corrected chi connectivity index (χ2v) is 4.60. The number of rotatable bonds is 1. The van der Waals surface area contributed by atoms with Gasteiger partial charge in [0, 0.05) is 3.92 Å². The largest absolute Gasteiger partial charge is 0.454 e. The fourth-order valence-electron chi connectivity index (χ4n) is 1.16. The molecule has 1 unspecified atom stereocenters. The highest BCUT2D eigenvalue weighted by molar-refractivity contribution is 14.1. The summed E-state index contributed by atoms with van der Waals surface area (Å²) in [5, 5.41) is 0. The Morgan fingerprint density at radius 3 is 2.83 bits per heavy atom. The second-order valence-electron chi connectivity index (χ2n) is 2.73. The average Bonchev–Trinajstić information content (AvgIpc) is 2.49. The Labute approximate surface area is 85.0 Å². The lowest BCUT2D eigenvalue weighted by Crippen LogP contribution is -1.92. The van der Waals surface area contributed by atoms with E-state index < -0.39 is 0 Å². The first kappa shape index (κ1) is 8.16. The Morgan fingerprint density at radius 1 is 1.33 bits per heavy atom. The van der Waals surface area contributed by atoms with Crippen LogP contribution in [0.2, 0.25) is 0 Å². The summed E-state index contributed by atoms with van der Waals surface area (Å²) in [4.78, 5) is 0. The third-order valence-corrected chi connectivity index (χ3v) is 2.58. The molecule has 1 atom stereocenters. The summed E-state index contributed by atoms with van der Waals surface area (Å²) in [7, 11) is 0. The van der Waals surface area contributed by atoms with Gasteiger partial charge in [-0.2, -0.15) is 0 Å². The molecule has 0 saturated carbocycles. The van der Waals surface area contributed by atoms with Crippen LogP contribution in [0.15, 0.2) is 18.2 Å². The van der Waals surface area contributed by atoms with Crippen LogP contribution in [0.3, 0.4) is 0 Å². The van der Waals surface area contributed by atoms with Gasteiger partial charge in [0.25, 0.3) is 0 Å². The standard InChI is InChI=1S/C9H9IO2/c1-6(10)7-2-3-8-9(4-7)12-5-11-8/h2-4,6H,5H2,1H3. The quantitative estimate of drug-likeness (QED) is 0.580. The smallest absolute Gasteiger partial charge is 0.231 e. The van der Waals surface area contributed by atoms with E-state index in [2.05, 4.69) is 35.6 Å². The molecule has 0 amide bonds. The van der Waals surface area contributed by atoms with Crippen molar-refractivity contribution >= 4 is 22.6 Å². The highest BCUT2D eigenvalue weighted by Crippen LogP contribution is 2.35. The molecule has 1 aromatic carbocycles. The maximum Gasteiger partial charge on any atom is 0.231 e. The minimum absolute atomic E-state index is 0.356. The van der Waals surface area contributed by atoms with Crippen LogP contribution in [-0.4, -0.2) is 6.79 Å². The zero-order valence-corrected chi connectivity index (χ0v) is 8.87. The fourth-order valence-corrected chi connectivity index (χ4v) is 1.55. The van der Waals surface area contributed by atoms with Crippen LogP contribution in [0.4, 0.5) is 0 Å². The molecular weight excluding hydrogens is 267 g/mol. The van der Waals surface area contributed by atoms with Gasteiger partial charge in [-0.3, -0.25) is 0 Å².